The van der Waals surface area contributed by atoms with Gasteiger partial charge in [-0.1, -0.05) is 19.9 Å². The van der Waals surface area contributed by atoms with Gasteiger partial charge < -0.3 is 10.2 Å². The van der Waals surface area contributed by atoms with Crippen molar-refractivity contribution in [3.8, 4) is 11.4 Å². The summed E-state index contributed by atoms with van der Waals surface area (Å²) in [5, 5.41) is 9.02. The maximum absolute atomic E-state index is 13.1. The summed E-state index contributed by atoms with van der Waals surface area (Å²) in [6, 6.07) is 6.00. The Kier molecular flexibility index (Phi) is 7.19. The number of aromatic nitrogens is 5. The number of halogens is 3. The van der Waals surface area contributed by atoms with Crippen LogP contribution in [-0.4, -0.2) is 64.4 Å². The number of benzene rings is 1. The standard InChI is InChI=1S/C27H30F3N7O2S/c1-16(2)20-5-6-23(36-12-18(13-36)15-40(4,38)39)22-11-32-25(9-21(20)22)34-24-7-8-31-26(35-24)19-10-33-37(14-19)17(3)27(28,29)30/h5-11,14,16-18H,12-13,15H2,1-4H3,(H,31,32,34,35). The number of rotatable bonds is 8. The van der Waals surface area contributed by atoms with Crippen LogP contribution in [0.25, 0.3) is 22.2 Å². The Labute approximate surface area is 230 Å². The second-order valence-electron chi connectivity index (χ2n) is 10.6. The van der Waals surface area contributed by atoms with Gasteiger partial charge in [0.25, 0.3) is 0 Å². The fourth-order valence-corrected chi connectivity index (χ4v) is 5.98. The van der Waals surface area contributed by atoms with Crippen molar-refractivity contribution >= 4 is 37.9 Å². The average Bonchev–Trinajstić information content (AvgIpc) is 3.34. The van der Waals surface area contributed by atoms with Crippen molar-refractivity contribution in [1.82, 2.24) is 24.7 Å². The molecule has 0 aliphatic carbocycles. The maximum atomic E-state index is 13.1. The van der Waals surface area contributed by atoms with Crippen LogP contribution in [0.1, 0.15) is 38.3 Å². The predicted octanol–water partition coefficient (Wildman–Crippen LogP) is 5.36. The third-order valence-corrected chi connectivity index (χ3v) is 8.09. The van der Waals surface area contributed by atoms with Crippen LogP contribution >= 0.6 is 0 Å². The molecule has 1 aliphatic rings. The third kappa shape index (κ3) is 5.88. The molecule has 9 nitrogen and oxygen atoms in total. The number of hydrogen-bond acceptors (Lipinski definition) is 8. The summed E-state index contributed by atoms with van der Waals surface area (Å²) in [5.41, 5.74) is 2.52. The second kappa shape index (κ2) is 10.3. The van der Waals surface area contributed by atoms with Crippen LogP contribution in [0.4, 0.5) is 30.5 Å². The van der Waals surface area contributed by atoms with Gasteiger partial charge in [0.1, 0.15) is 27.5 Å². The number of fused-ring (bicyclic) bond motifs is 1. The topological polar surface area (TPSA) is 106 Å². The molecule has 1 aliphatic heterocycles. The molecule has 0 radical (unpaired) electrons. The molecule has 4 aromatic rings. The van der Waals surface area contributed by atoms with E-state index in [-0.39, 0.29) is 23.4 Å². The SMILES string of the molecule is CC(C)c1ccc(N2CC(CS(C)(=O)=O)C2)c2cnc(Nc3ccnc(-c4cnn(C(C)C(F)(F)F)c4)n3)cc12. The Balaban J connectivity index is 1.40. The molecule has 1 unspecified atom stereocenters. The highest BCUT2D eigenvalue weighted by Crippen LogP contribution is 2.37. The average molecular weight is 574 g/mol. The van der Waals surface area contributed by atoms with Crippen LogP contribution in [0.15, 0.2) is 49.1 Å². The molecule has 0 saturated carbocycles. The molecule has 3 aromatic heterocycles. The lowest BCUT2D eigenvalue weighted by Gasteiger charge is -2.41. The number of pyridine rings is 1. The van der Waals surface area contributed by atoms with Crippen LogP contribution in [-0.2, 0) is 9.84 Å². The number of alkyl halides is 3. The van der Waals surface area contributed by atoms with Crippen LogP contribution in [0.5, 0.6) is 0 Å². The first-order valence-corrected chi connectivity index (χ1v) is 14.9. The largest absolute Gasteiger partial charge is 0.410 e. The molecule has 0 spiro atoms. The number of anilines is 3. The van der Waals surface area contributed by atoms with Gasteiger partial charge >= 0.3 is 6.18 Å². The summed E-state index contributed by atoms with van der Waals surface area (Å²) in [4.78, 5) is 15.4. The van der Waals surface area contributed by atoms with Crippen molar-refractivity contribution in [2.45, 2.75) is 38.9 Å². The highest BCUT2D eigenvalue weighted by atomic mass is 32.2. The molecule has 212 valence electrons. The molecule has 1 N–H and O–H groups in total. The van der Waals surface area contributed by atoms with E-state index in [1.165, 1.54) is 24.8 Å². The Bertz CT molecular complexity index is 1650. The van der Waals surface area contributed by atoms with Crippen LogP contribution in [0.3, 0.4) is 0 Å². The van der Waals surface area contributed by atoms with Gasteiger partial charge in [-0.2, -0.15) is 18.3 Å². The van der Waals surface area contributed by atoms with E-state index < -0.39 is 22.1 Å². The minimum atomic E-state index is -4.42. The number of sulfone groups is 1. The lowest BCUT2D eigenvalue weighted by atomic mass is 9.93. The van der Waals surface area contributed by atoms with Gasteiger partial charge in [-0.3, -0.25) is 4.68 Å². The molecule has 1 saturated heterocycles. The summed E-state index contributed by atoms with van der Waals surface area (Å²) in [7, 11) is -3.02. The molecule has 1 aromatic carbocycles. The first-order valence-electron chi connectivity index (χ1n) is 12.8. The summed E-state index contributed by atoms with van der Waals surface area (Å²) in [5.74, 6) is 1.76. The van der Waals surface area contributed by atoms with Crippen molar-refractivity contribution in [2.75, 3.05) is 35.3 Å². The lowest BCUT2D eigenvalue weighted by molar-refractivity contribution is -0.165. The minimum Gasteiger partial charge on any atom is -0.370 e. The normalized spacial score (nSPS) is 15.4. The third-order valence-electron chi connectivity index (χ3n) is 7.01. The van der Waals surface area contributed by atoms with Crippen molar-refractivity contribution < 1.29 is 21.6 Å². The van der Waals surface area contributed by atoms with Crippen molar-refractivity contribution in [1.29, 1.82) is 0 Å². The molecule has 1 atom stereocenters. The van der Waals surface area contributed by atoms with Gasteiger partial charge in [0.15, 0.2) is 5.82 Å². The van der Waals surface area contributed by atoms with Gasteiger partial charge in [-0.15, -0.1) is 0 Å². The van der Waals surface area contributed by atoms with Crippen molar-refractivity contribution in [3.63, 3.8) is 0 Å². The van der Waals surface area contributed by atoms with E-state index in [2.05, 4.69) is 56.2 Å². The van der Waals surface area contributed by atoms with E-state index in [9.17, 15) is 21.6 Å². The van der Waals surface area contributed by atoms with Crippen molar-refractivity contribution in [3.05, 3.63) is 54.6 Å². The minimum absolute atomic E-state index is 0.111. The Hall–Kier alpha value is -3.74. The number of nitrogens with one attached hydrogen (secondary N) is 1. The van der Waals surface area contributed by atoms with Crippen molar-refractivity contribution in [2.24, 2.45) is 5.92 Å². The van der Waals surface area contributed by atoms with E-state index in [1.54, 1.807) is 12.3 Å². The van der Waals surface area contributed by atoms with E-state index in [4.69, 9.17) is 0 Å². The zero-order chi connectivity index (χ0) is 28.8. The van der Waals surface area contributed by atoms with E-state index >= 15 is 0 Å². The predicted molar refractivity (Wildman–Crippen MR) is 149 cm³/mol. The zero-order valence-corrected chi connectivity index (χ0v) is 23.3. The van der Waals surface area contributed by atoms with Crippen LogP contribution in [0.2, 0.25) is 0 Å². The van der Waals surface area contributed by atoms with Gasteiger partial charge in [-0.05, 0) is 42.0 Å². The molecule has 40 heavy (non-hydrogen) atoms. The van der Waals surface area contributed by atoms with Crippen LogP contribution < -0.4 is 10.2 Å². The fourth-order valence-electron chi connectivity index (χ4n) is 4.91. The molecule has 1 fully saturated rings. The van der Waals surface area contributed by atoms with Gasteiger partial charge in [0.05, 0.1) is 17.5 Å². The molecule has 13 heteroatoms. The van der Waals surface area contributed by atoms with Gasteiger partial charge in [0, 0.05) is 54.9 Å². The summed E-state index contributed by atoms with van der Waals surface area (Å²) >= 11 is 0. The zero-order valence-electron chi connectivity index (χ0n) is 22.5. The maximum Gasteiger partial charge on any atom is 0.410 e. The Morgan fingerprint density at radius 2 is 1.80 bits per heavy atom. The molecule has 0 bridgehead atoms. The number of hydrogen-bond donors (Lipinski definition) is 1. The van der Waals surface area contributed by atoms with E-state index in [0.29, 0.717) is 30.3 Å². The van der Waals surface area contributed by atoms with Gasteiger partial charge in [-0.25, -0.2) is 23.4 Å². The Morgan fingerprint density at radius 1 is 1.05 bits per heavy atom. The summed E-state index contributed by atoms with van der Waals surface area (Å²) < 4.78 is 63.4. The quantitative estimate of drug-likeness (QED) is 0.300. The van der Waals surface area contributed by atoms with E-state index in [1.807, 2.05) is 6.07 Å². The Morgan fingerprint density at radius 3 is 2.48 bits per heavy atom. The second-order valence-corrected chi connectivity index (χ2v) is 12.8. The highest BCUT2D eigenvalue weighted by molar-refractivity contribution is 7.90. The molecule has 4 heterocycles. The summed E-state index contributed by atoms with van der Waals surface area (Å²) in [6.45, 7) is 6.61. The lowest BCUT2D eigenvalue weighted by Crippen LogP contribution is -2.49. The first-order chi connectivity index (χ1) is 18.8. The molecule has 5 rings (SSSR count). The van der Waals surface area contributed by atoms with E-state index in [0.717, 1.165) is 33.6 Å². The molecule has 0 amide bonds. The fraction of sp³-hybridized carbons (Fsp3) is 0.407. The monoisotopic (exact) mass is 573 g/mol. The molecular formula is C27H30F3N7O2S. The molecular weight excluding hydrogens is 543 g/mol. The van der Waals surface area contributed by atoms with Crippen LogP contribution in [0, 0.1) is 5.92 Å². The smallest absolute Gasteiger partial charge is 0.370 e. The number of nitrogens with zero attached hydrogens (tertiary/aromatic N) is 6. The first kappa shape index (κ1) is 27.8. The highest BCUT2D eigenvalue weighted by Gasteiger charge is 2.38. The van der Waals surface area contributed by atoms with Gasteiger partial charge in [0.2, 0.25) is 0 Å². The summed E-state index contributed by atoms with van der Waals surface area (Å²) in [6.07, 6.45) is 2.75.